The van der Waals surface area contributed by atoms with E-state index in [0.29, 0.717) is 5.56 Å². The first-order valence-corrected chi connectivity index (χ1v) is 8.15. The number of amides is 1. The minimum Gasteiger partial charge on any atom is -0.384 e. The summed E-state index contributed by atoms with van der Waals surface area (Å²) < 4.78 is 1.73. The van der Waals surface area contributed by atoms with Crippen molar-refractivity contribution in [3.63, 3.8) is 0 Å². The van der Waals surface area contributed by atoms with Crippen LogP contribution in [0.2, 0.25) is 0 Å². The molecule has 0 saturated carbocycles. The number of aromatic nitrogens is 2. The van der Waals surface area contributed by atoms with Crippen LogP contribution in [0.1, 0.15) is 28.5 Å². The molecule has 0 spiro atoms. The Morgan fingerprint density at radius 2 is 1.72 bits per heavy atom. The smallest absolute Gasteiger partial charge is 0.254 e. The third-order valence-corrected chi connectivity index (χ3v) is 4.24. The number of rotatable bonds is 5. The summed E-state index contributed by atoms with van der Waals surface area (Å²) >= 11 is 0. The van der Waals surface area contributed by atoms with Gasteiger partial charge in [0.2, 0.25) is 0 Å². The van der Waals surface area contributed by atoms with Gasteiger partial charge in [0.15, 0.2) is 0 Å². The molecule has 2 aromatic carbocycles. The highest BCUT2D eigenvalue weighted by molar-refractivity contribution is 5.95. The Morgan fingerprint density at radius 1 is 1.12 bits per heavy atom. The van der Waals surface area contributed by atoms with Gasteiger partial charge in [0, 0.05) is 0 Å². The lowest BCUT2D eigenvalue weighted by atomic mass is 9.96. The van der Waals surface area contributed by atoms with Crippen molar-refractivity contribution in [3.8, 4) is 5.69 Å². The first kappa shape index (κ1) is 16.9. The van der Waals surface area contributed by atoms with Crippen molar-refractivity contribution in [2.45, 2.75) is 19.4 Å². The van der Waals surface area contributed by atoms with Gasteiger partial charge in [-0.25, -0.2) is 4.68 Å². The van der Waals surface area contributed by atoms with E-state index in [1.807, 2.05) is 67.6 Å². The van der Waals surface area contributed by atoms with E-state index in [9.17, 15) is 9.90 Å². The molecular formula is C20H21N3O2. The Labute approximate surface area is 146 Å². The summed E-state index contributed by atoms with van der Waals surface area (Å²) in [5.74, 6) is -0.254. The Morgan fingerprint density at radius 3 is 2.36 bits per heavy atom. The molecule has 1 aromatic heterocycles. The number of benzene rings is 2. The zero-order valence-corrected chi connectivity index (χ0v) is 14.3. The molecule has 3 rings (SSSR count). The van der Waals surface area contributed by atoms with Crippen LogP contribution >= 0.6 is 0 Å². The Hall–Kier alpha value is -2.92. The molecule has 0 bridgehead atoms. The standard InChI is InChI=1S/C20H21N3O2/c1-15-18(13-22-23(15)17-11-7-4-8-12-17)19(24)21-14-20(2,25)16-9-5-3-6-10-16/h3-13,25H,14H2,1-2H3,(H,21,24). The van der Waals surface area contributed by atoms with Gasteiger partial charge in [-0.2, -0.15) is 5.10 Å². The first-order chi connectivity index (χ1) is 12.0. The van der Waals surface area contributed by atoms with E-state index in [0.717, 1.165) is 16.9 Å². The fraction of sp³-hybridized carbons (Fsp3) is 0.200. The second kappa shape index (κ2) is 6.91. The maximum Gasteiger partial charge on any atom is 0.254 e. The number of hydrogen-bond acceptors (Lipinski definition) is 3. The van der Waals surface area contributed by atoms with Crippen molar-refractivity contribution in [1.82, 2.24) is 15.1 Å². The summed E-state index contributed by atoms with van der Waals surface area (Å²) in [6.45, 7) is 3.65. The van der Waals surface area contributed by atoms with E-state index in [1.165, 1.54) is 0 Å². The highest BCUT2D eigenvalue weighted by Gasteiger charge is 2.24. The van der Waals surface area contributed by atoms with E-state index < -0.39 is 5.60 Å². The highest BCUT2D eigenvalue weighted by atomic mass is 16.3. The van der Waals surface area contributed by atoms with Gasteiger partial charge in [-0.15, -0.1) is 0 Å². The number of carbonyl (C=O) groups is 1. The Balaban J connectivity index is 1.73. The number of hydrogen-bond donors (Lipinski definition) is 2. The fourth-order valence-corrected chi connectivity index (χ4v) is 2.71. The van der Waals surface area contributed by atoms with Crippen LogP contribution in [0, 0.1) is 6.92 Å². The van der Waals surface area contributed by atoms with Gasteiger partial charge in [-0.1, -0.05) is 48.5 Å². The molecule has 0 aliphatic rings. The Kier molecular flexibility index (Phi) is 4.67. The highest BCUT2D eigenvalue weighted by Crippen LogP contribution is 2.19. The summed E-state index contributed by atoms with van der Waals surface area (Å²) in [4.78, 5) is 12.5. The van der Waals surface area contributed by atoms with Crippen LogP contribution in [0.5, 0.6) is 0 Å². The molecule has 3 aromatic rings. The van der Waals surface area contributed by atoms with E-state index >= 15 is 0 Å². The topological polar surface area (TPSA) is 67.2 Å². The second-order valence-corrected chi connectivity index (χ2v) is 6.21. The van der Waals surface area contributed by atoms with Gasteiger partial charge in [-0.05, 0) is 31.5 Å². The lowest BCUT2D eigenvalue weighted by molar-refractivity contribution is 0.0526. The van der Waals surface area contributed by atoms with Crippen molar-refractivity contribution < 1.29 is 9.90 Å². The molecule has 1 amide bonds. The van der Waals surface area contributed by atoms with Crippen LogP contribution in [0.4, 0.5) is 0 Å². The molecule has 0 saturated heterocycles. The fourth-order valence-electron chi connectivity index (χ4n) is 2.71. The predicted molar refractivity (Wildman–Crippen MR) is 96.6 cm³/mol. The quantitative estimate of drug-likeness (QED) is 0.753. The lowest BCUT2D eigenvalue weighted by Gasteiger charge is -2.24. The summed E-state index contributed by atoms with van der Waals surface area (Å²) in [7, 11) is 0. The van der Waals surface area contributed by atoms with Crippen LogP contribution in [-0.4, -0.2) is 27.3 Å². The molecule has 5 heteroatoms. The SMILES string of the molecule is Cc1c(C(=O)NCC(C)(O)c2ccccc2)cnn1-c1ccccc1. The number of nitrogens with one attached hydrogen (secondary N) is 1. The molecule has 5 nitrogen and oxygen atoms in total. The largest absolute Gasteiger partial charge is 0.384 e. The van der Waals surface area contributed by atoms with Gasteiger partial charge in [-0.3, -0.25) is 4.79 Å². The van der Waals surface area contributed by atoms with Crippen molar-refractivity contribution in [2.75, 3.05) is 6.54 Å². The van der Waals surface area contributed by atoms with E-state index in [-0.39, 0.29) is 12.5 Å². The third kappa shape index (κ3) is 3.61. The van der Waals surface area contributed by atoms with Crippen LogP contribution in [-0.2, 0) is 5.60 Å². The molecule has 1 unspecified atom stereocenters. The normalized spacial score (nSPS) is 13.2. The van der Waals surface area contributed by atoms with Crippen LogP contribution in [0.3, 0.4) is 0 Å². The number of carbonyl (C=O) groups excluding carboxylic acids is 1. The van der Waals surface area contributed by atoms with Crippen molar-refractivity contribution in [1.29, 1.82) is 0 Å². The molecule has 0 radical (unpaired) electrons. The summed E-state index contributed by atoms with van der Waals surface area (Å²) in [6.07, 6.45) is 1.55. The number of nitrogens with zero attached hydrogens (tertiary/aromatic N) is 2. The van der Waals surface area contributed by atoms with Crippen LogP contribution in [0.25, 0.3) is 5.69 Å². The van der Waals surface area contributed by atoms with Gasteiger partial charge in [0.25, 0.3) is 5.91 Å². The second-order valence-electron chi connectivity index (χ2n) is 6.21. The molecule has 1 heterocycles. The summed E-state index contributed by atoms with van der Waals surface area (Å²) in [6, 6.07) is 18.9. The zero-order valence-electron chi connectivity index (χ0n) is 14.3. The maximum absolute atomic E-state index is 12.5. The monoisotopic (exact) mass is 335 g/mol. The van der Waals surface area contributed by atoms with Crippen LogP contribution < -0.4 is 5.32 Å². The van der Waals surface area contributed by atoms with Gasteiger partial charge < -0.3 is 10.4 Å². The first-order valence-electron chi connectivity index (χ1n) is 8.15. The maximum atomic E-state index is 12.5. The van der Waals surface area contributed by atoms with Crippen molar-refractivity contribution in [2.24, 2.45) is 0 Å². The minimum absolute atomic E-state index is 0.117. The lowest BCUT2D eigenvalue weighted by Crippen LogP contribution is -2.38. The number of aliphatic hydroxyl groups is 1. The van der Waals surface area contributed by atoms with Gasteiger partial charge >= 0.3 is 0 Å². The average Bonchev–Trinajstić information content (AvgIpc) is 3.03. The number of para-hydroxylation sites is 1. The average molecular weight is 335 g/mol. The van der Waals surface area contributed by atoms with Crippen LogP contribution in [0.15, 0.2) is 66.9 Å². The zero-order chi connectivity index (χ0) is 17.9. The van der Waals surface area contributed by atoms with Gasteiger partial charge in [0.05, 0.1) is 29.7 Å². The summed E-state index contributed by atoms with van der Waals surface area (Å²) in [5.41, 5.74) is 1.76. The van der Waals surface area contributed by atoms with Crippen molar-refractivity contribution >= 4 is 5.91 Å². The molecular weight excluding hydrogens is 314 g/mol. The Bertz CT molecular complexity index is 855. The summed E-state index contributed by atoms with van der Waals surface area (Å²) in [5, 5.41) is 17.7. The molecule has 0 fully saturated rings. The molecule has 2 N–H and O–H groups in total. The van der Waals surface area contributed by atoms with Crippen molar-refractivity contribution in [3.05, 3.63) is 83.7 Å². The van der Waals surface area contributed by atoms with E-state index in [4.69, 9.17) is 0 Å². The minimum atomic E-state index is -1.14. The van der Waals surface area contributed by atoms with E-state index in [1.54, 1.807) is 17.8 Å². The third-order valence-electron chi connectivity index (χ3n) is 4.24. The molecule has 25 heavy (non-hydrogen) atoms. The van der Waals surface area contributed by atoms with E-state index in [2.05, 4.69) is 10.4 Å². The molecule has 0 aliphatic heterocycles. The molecule has 0 aliphatic carbocycles. The predicted octanol–water partition coefficient (Wildman–Crippen LogP) is 2.82. The van der Waals surface area contributed by atoms with Gasteiger partial charge in [0.1, 0.15) is 5.60 Å². The molecule has 128 valence electrons. The molecule has 1 atom stereocenters.